The molecule has 1 heterocycles. The molecule has 0 spiro atoms. The first-order valence-corrected chi connectivity index (χ1v) is 7.50. The van der Waals surface area contributed by atoms with Gasteiger partial charge in [-0.15, -0.1) is 0 Å². The van der Waals surface area contributed by atoms with E-state index in [4.69, 9.17) is 22.4 Å². The van der Waals surface area contributed by atoms with E-state index in [0.29, 0.717) is 16.8 Å². The van der Waals surface area contributed by atoms with Gasteiger partial charge in [0, 0.05) is 23.0 Å². The maximum atomic E-state index is 13.2. The highest BCUT2D eigenvalue weighted by atomic mass is 35.5. The van der Waals surface area contributed by atoms with Crippen LogP contribution in [0.4, 0.5) is 21.8 Å². The number of hydrogen-bond acceptors (Lipinski definition) is 5. The van der Waals surface area contributed by atoms with Gasteiger partial charge in [-0.05, 0) is 42.5 Å². The number of nitrogens with one attached hydrogen (secondary N) is 1. The standard InChI is InChI=1S/C17H12ClFN4O2/c18-14-7-10(19)3-6-12(14)13-8-21-17(23-15(13)20)22-11-4-1-9(2-5-11)16(24)25/h1-8H,(H,24,25)(H3,20,21,22,23). The zero-order chi connectivity index (χ0) is 18.0. The van der Waals surface area contributed by atoms with Gasteiger partial charge in [0.1, 0.15) is 11.6 Å². The normalized spacial score (nSPS) is 10.5. The van der Waals surface area contributed by atoms with Gasteiger partial charge in [0.15, 0.2) is 0 Å². The molecule has 0 amide bonds. The van der Waals surface area contributed by atoms with Crippen LogP contribution in [0.15, 0.2) is 48.7 Å². The lowest BCUT2D eigenvalue weighted by Gasteiger charge is -2.10. The van der Waals surface area contributed by atoms with Gasteiger partial charge >= 0.3 is 5.97 Å². The minimum Gasteiger partial charge on any atom is -0.478 e. The van der Waals surface area contributed by atoms with Crippen molar-refractivity contribution in [2.75, 3.05) is 11.1 Å². The Hall–Kier alpha value is -3.19. The molecule has 0 aliphatic heterocycles. The smallest absolute Gasteiger partial charge is 0.335 e. The first-order chi connectivity index (χ1) is 11.9. The number of carboxylic acids is 1. The molecule has 0 radical (unpaired) electrons. The van der Waals surface area contributed by atoms with Crippen LogP contribution in [0.1, 0.15) is 10.4 Å². The summed E-state index contributed by atoms with van der Waals surface area (Å²) < 4.78 is 13.2. The number of aromatic carboxylic acids is 1. The molecule has 0 unspecified atom stereocenters. The second kappa shape index (κ2) is 6.74. The minimum absolute atomic E-state index is 0.173. The van der Waals surface area contributed by atoms with Crippen LogP contribution in [0, 0.1) is 5.82 Å². The van der Waals surface area contributed by atoms with Gasteiger partial charge in [-0.3, -0.25) is 0 Å². The molecule has 0 saturated heterocycles. The second-order valence-electron chi connectivity index (χ2n) is 5.12. The van der Waals surface area contributed by atoms with Crippen molar-refractivity contribution in [2.45, 2.75) is 0 Å². The fraction of sp³-hybridized carbons (Fsp3) is 0. The summed E-state index contributed by atoms with van der Waals surface area (Å²) >= 11 is 6.03. The number of halogens is 2. The van der Waals surface area contributed by atoms with Crippen molar-refractivity contribution in [3.63, 3.8) is 0 Å². The van der Waals surface area contributed by atoms with Crippen molar-refractivity contribution < 1.29 is 14.3 Å². The molecule has 0 aliphatic carbocycles. The molecular weight excluding hydrogens is 347 g/mol. The lowest BCUT2D eigenvalue weighted by molar-refractivity contribution is 0.0697. The number of benzene rings is 2. The van der Waals surface area contributed by atoms with Crippen molar-refractivity contribution in [1.29, 1.82) is 0 Å². The van der Waals surface area contributed by atoms with E-state index in [1.807, 2.05) is 0 Å². The molecule has 0 bridgehead atoms. The minimum atomic E-state index is -1.01. The first kappa shape index (κ1) is 16.7. The SMILES string of the molecule is Nc1nc(Nc2ccc(C(=O)O)cc2)ncc1-c1ccc(F)cc1Cl. The predicted octanol–water partition coefficient (Wildman–Crippen LogP) is 3.96. The first-order valence-electron chi connectivity index (χ1n) is 7.12. The molecule has 1 aromatic heterocycles. The van der Waals surface area contributed by atoms with Crippen molar-refractivity contribution >= 4 is 35.0 Å². The summed E-state index contributed by atoms with van der Waals surface area (Å²) in [5.41, 5.74) is 7.75. The van der Waals surface area contributed by atoms with E-state index in [1.54, 1.807) is 12.1 Å². The molecule has 0 saturated carbocycles. The molecule has 3 rings (SSSR count). The molecule has 8 heteroatoms. The van der Waals surface area contributed by atoms with Crippen molar-refractivity contribution in [1.82, 2.24) is 9.97 Å². The summed E-state index contributed by atoms with van der Waals surface area (Å²) in [5.74, 6) is -1.04. The Labute approximate surface area is 147 Å². The van der Waals surface area contributed by atoms with Gasteiger partial charge < -0.3 is 16.2 Å². The average Bonchev–Trinajstić information content (AvgIpc) is 2.56. The lowest BCUT2D eigenvalue weighted by Crippen LogP contribution is -2.03. The number of nitrogens with zero attached hydrogens (tertiary/aromatic N) is 2. The number of aromatic nitrogens is 2. The second-order valence-corrected chi connectivity index (χ2v) is 5.53. The molecule has 3 aromatic rings. The number of nitrogen functional groups attached to an aromatic ring is 1. The number of nitrogens with two attached hydrogens (primary N) is 1. The summed E-state index contributed by atoms with van der Waals surface area (Å²) in [6.45, 7) is 0. The number of carbonyl (C=O) groups is 1. The Morgan fingerprint density at radius 3 is 2.48 bits per heavy atom. The van der Waals surface area contributed by atoms with Gasteiger partial charge in [0.25, 0.3) is 0 Å². The van der Waals surface area contributed by atoms with Crippen molar-refractivity contribution in [3.05, 3.63) is 65.1 Å². The lowest BCUT2D eigenvalue weighted by atomic mass is 10.1. The van der Waals surface area contributed by atoms with Crippen LogP contribution in [-0.4, -0.2) is 21.0 Å². The Morgan fingerprint density at radius 1 is 1.16 bits per heavy atom. The maximum Gasteiger partial charge on any atom is 0.335 e. The number of carboxylic acid groups (broad SMARTS) is 1. The molecule has 2 aromatic carbocycles. The summed E-state index contributed by atoms with van der Waals surface area (Å²) in [4.78, 5) is 19.2. The molecular formula is C17H12ClFN4O2. The topological polar surface area (TPSA) is 101 Å². The molecule has 0 fully saturated rings. The Bertz CT molecular complexity index is 948. The highest BCUT2D eigenvalue weighted by Crippen LogP contribution is 2.31. The van der Waals surface area contributed by atoms with Crippen LogP contribution in [0.25, 0.3) is 11.1 Å². The fourth-order valence-electron chi connectivity index (χ4n) is 2.20. The third-order valence-electron chi connectivity index (χ3n) is 3.43. The third-order valence-corrected chi connectivity index (χ3v) is 3.74. The Morgan fingerprint density at radius 2 is 1.88 bits per heavy atom. The number of anilines is 3. The van der Waals surface area contributed by atoms with E-state index in [0.717, 1.165) is 0 Å². The third kappa shape index (κ3) is 3.67. The van der Waals surface area contributed by atoms with Gasteiger partial charge in [0.05, 0.1) is 10.6 Å². The number of rotatable bonds is 4. The summed E-state index contributed by atoms with van der Waals surface area (Å²) in [6, 6.07) is 10.1. The fourth-order valence-corrected chi connectivity index (χ4v) is 2.46. The zero-order valence-corrected chi connectivity index (χ0v) is 13.5. The summed E-state index contributed by atoms with van der Waals surface area (Å²) in [7, 11) is 0. The summed E-state index contributed by atoms with van der Waals surface area (Å²) in [6.07, 6.45) is 1.48. The van der Waals surface area contributed by atoms with E-state index in [1.165, 1.54) is 36.5 Å². The van der Waals surface area contributed by atoms with Gasteiger partial charge in [-0.25, -0.2) is 14.2 Å². The monoisotopic (exact) mass is 358 g/mol. The Balaban J connectivity index is 1.85. The highest BCUT2D eigenvalue weighted by molar-refractivity contribution is 6.33. The van der Waals surface area contributed by atoms with Crippen LogP contribution < -0.4 is 11.1 Å². The maximum absolute atomic E-state index is 13.2. The van der Waals surface area contributed by atoms with E-state index < -0.39 is 11.8 Å². The van der Waals surface area contributed by atoms with Crippen LogP contribution in [0.2, 0.25) is 5.02 Å². The van der Waals surface area contributed by atoms with Gasteiger partial charge in [-0.2, -0.15) is 4.98 Å². The Kier molecular flexibility index (Phi) is 4.49. The number of hydrogen-bond donors (Lipinski definition) is 3. The van der Waals surface area contributed by atoms with E-state index in [9.17, 15) is 9.18 Å². The predicted molar refractivity (Wildman–Crippen MR) is 93.5 cm³/mol. The van der Waals surface area contributed by atoms with E-state index in [2.05, 4.69) is 15.3 Å². The van der Waals surface area contributed by atoms with Crippen LogP contribution in [0.5, 0.6) is 0 Å². The van der Waals surface area contributed by atoms with E-state index >= 15 is 0 Å². The van der Waals surface area contributed by atoms with Crippen LogP contribution >= 0.6 is 11.6 Å². The summed E-state index contributed by atoms with van der Waals surface area (Å²) in [5, 5.41) is 12.0. The molecule has 0 aliphatic rings. The van der Waals surface area contributed by atoms with Gasteiger partial charge in [-0.1, -0.05) is 11.6 Å². The zero-order valence-electron chi connectivity index (χ0n) is 12.7. The van der Waals surface area contributed by atoms with Gasteiger partial charge in [0.2, 0.25) is 5.95 Å². The van der Waals surface area contributed by atoms with Crippen molar-refractivity contribution in [2.24, 2.45) is 0 Å². The molecule has 6 nitrogen and oxygen atoms in total. The van der Waals surface area contributed by atoms with E-state index in [-0.39, 0.29) is 22.4 Å². The molecule has 4 N–H and O–H groups in total. The van der Waals surface area contributed by atoms with Crippen LogP contribution in [0.3, 0.4) is 0 Å². The molecule has 0 atom stereocenters. The van der Waals surface area contributed by atoms with Crippen LogP contribution in [-0.2, 0) is 0 Å². The highest BCUT2D eigenvalue weighted by Gasteiger charge is 2.11. The van der Waals surface area contributed by atoms with Crippen molar-refractivity contribution in [3.8, 4) is 11.1 Å². The quantitative estimate of drug-likeness (QED) is 0.652. The molecule has 25 heavy (non-hydrogen) atoms. The largest absolute Gasteiger partial charge is 0.478 e. The molecule has 126 valence electrons. The average molecular weight is 359 g/mol.